The van der Waals surface area contributed by atoms with Gasteiger partial charge >= 0.3 is 13.6 Å². The molecular formula is C18H24ClN4O9P. The Balaban J connectivity index is 1.55. The van der Waals surface area contributed by atoms with E-state index in [1.165, 1.54) is 4.52 Å². The minimum absolute atomic E-state index is 0.0423. The molecule has 0 amide bonds. The van der Waals surface area contributed by atoms with Crippen molar-refractivity contribution in [2.24, 2.45) is 0 Å². The maximum Gasteiger partial charge on any atom is 0.365 e. The van der Waals surface area contributed by atoms with E-state index >= 15 is 0 Å². The van der Waals surface area contributed by atoms with E-state index < -0.39 is 50.4 Å². The lowest BCUT2D eigenvalue weighted by Gasteiger charge is -2.19. The monoisotopic (exact) mass is 506 g/mol. The fourth-order valence-electron chi connectivity index (χ4n) is 4.20. The summed E-state index contributed by atoms with van der Waals surface area (Å²) < 4.78 is 23.2. The van der Waals surface area contributed by atoms with Crippen molar-refractivity contribution in [3.05, 3.63) is 23.1 Å². The van der Waals surface area contributed by atoms with Crippen molar-refractivity contribution in [1.29, 1.82) is 0 Å². The average molecular weight is 507 g/mol. The molecule has 2 unspecified atom stereocenters. The van der Waals surface area contributed by atoms with Crippen LogP contribution in [0.1, 0.15) is 37.5 Å². The van der Waals surface area contributed by atoms with Gasteiger partial charge in [-0.3, -0.25) is 4.57 Å². The van der Waals surface area contributed by atoms with Crippen LogP contribution < -0.4 is 5.32 Å². The molecule has 15 heteroatoms. The van der Waals surface area contributed by atoms with Crippen LogP contribution in [-0.4, -0.2) is 82.5 Å². The number of carbonyl (C=O) groups is 1. The first-order valence-electron chi connectivity index (χ1n) is 10.3. The van der Waals surface area contributed by atoms with Gasteiger partial charge < -0.3 is 39.9 Å². The van der Waals surface area contributed by atoms with Crippen molar-refractivity contribution in [3.63, 3.8) is 0 Å². The summed E-state index contributed by atoms with van der Waals surface area (Å²) in [5.41, 5.74) is 0.932. The third kappa shape index (κ3) is 5.00. The van der Waals surface area contributed by atoms with E-state index in [1.54, 1.807) is 12.1 Å². The van der Waals surface area contributed by atoms with Gasteiger partial charge in [-0.25, -0.2) is 9.31 Å². The molecule has 6 N–H and O–H groups in total. The number of nitrogens with zero attached hydrogens (tertiary/aromatic N) is 3. The number of fused-ring (bicyclic) bond motifs is 1. The van der Waals surface area contributed by atoms with Gasteiger partial charge in [0.05, 0.1) is 12.3 Å². The lowest BCUT2D eigenvalue weighted by atomic mass is 10.1. The van der Waals surface area contributed by atoms with Crippen molar-refractivity contribution in [3.8, 4) is 0 Å². The molecular weight excluding hydrogens is 483 g/mol. The summed E-state index contributed by atoms with van der Waals surface area (Å²) in [4.78, 5) is 33.6. The third-order valence-electron chi connectivity index (χ3n) is 5.80. The molecule has 2 aliphatic rings. The number of carboxylic acids is 1. The minimum atomic E-state index is -5.11. The predicted octanol–water partition coefficient (Wildman–Crippen LogP) is 0.504. The van der Waals surface area contributed by atoms with E-state index in [-0.39, 0.29) is 11.3 Å². The summed E-state index contributed by atoms with van der Waals surface area (Å²) in [6.07, 6.45) is -1.06. The number of aliphatic hydroxyl groups excluding tert-OH is 2. The van der Waals surface area contributed by atoms with Crippen molar-refractivity contribution >= 4 is 36.5 Å². The molecule has 0 aromatic carbocycles. The maximum absolute atomic E-state index is 11.3. The average Bonchev–Trinajstić information content (AvgIpc) is 3.43. The van der Waals surface area contributed by atoms with Crippen LogP contribution in [0.25, 0.3) is 5.52 Å². The second-order valence-electron chi connectivity index (χ2n) is 8.10. The van der Waals surface area contributed by atoms with Gasteiger partial charge in [0.2, 0.25) is 5.28 Å². The molecule has 2 aromatic rings. The number of hydrogen-bond donors (Lipinski definition) is 6. The van der Waals surface area contributed by atoms with E-state index in [2.05, 4.69) is 15.4 Å². The smallest absolute Gasteiger partial charge is 0.365 e. The van der Waals surface area contributed by atoms with Gasteiger partial charge in [0.25, 0.3) is 5.85 Å². The van der Waals surface area contributed by atoms with Crippen LogP contribution in [0.5, 0.6) is 0 Å². The Labute approximate surface area is 192 Å². The Morgan fingerprint density at radius 2 is 2.00 bits per heavy atom. The largest absolute Gasteiger partial charge is 0.479 e. The Kier molecular flexibility index (Phi) is 6.95. The molecule has 182 valence electrons. The van der Waals surface area contributed by atoms with Gasteiger partial charge in [-0.2, -0.15) is 4.98 Å². The highest BCUT2D eigenvalue weighted by Gasteiger charge is 2.46. The standard InChI is InChI=1S/C18H24ClN4O9P/c19-18-21-15(20-8-3-1-2-4-8)10-6-5-9(23(10)22-18)14-13(25)12(24)11(32-14)7-31-17(16(26)27)33(28,29)30/h5-6,8,11-14,17,24-25H,1-4,7H2,(H,26,27)(H,20,21,22)(H2,28,29,30)/t11-,12-,13-,14?,17?/m1/s1. The highest BCUT2D eigenvalue weighted by atomic mass is 35.5. The maximum atomic E-state index is 11.3. The number of ether oxygens (including phenoxy) is 2. The van der Waals surface area contributed by atoms with Crippen molar-refractivity contribution in [2.75, 3.05) is 11.9 Å². The van der Waals surface area contributed by atoms with Crippen LogP contribution in [0.3, 0.4) is 0 Å². The van der Waals surface area contributed by atoms with Gasteiger partial charge in [-0.15, -0.1) is 5.10 Å². The van der Waals surface area contributed by atoms with Crippen LogP contribution in [0.15, 0.2) is 12.1 Å². The van der Waals surface area contributed by atoms with E-state index in [0.717, 1.165) is 25.7 Å². The SMILES string of the molecule is O=C(O)C(OC[C@H]1OC(c2ccc3c(NC4CCCC4)nc(Cl)nn23)[C@H](O)[C@@H]1O)P(=O)(O)O. The molecule has 1 aliphatic carbocycles. The summed E-state index contributed by atoms with van der Waals surface area (Å²) in [5.74, 6) is -3.76. The zero-order chi connectivity index (χ0) is 23.9. The molecule has 5 atom stereocenters. The normalized spacial score (nSPS) is 27.3. The topological polar surface area (TPSA) is 196 Å². The fourth-order valence-corrected chi connectivity index (χ4v) is 4.93. The number of aliphatic carboxylic acids is 1. The van der Waals surface area contributed by atoms with Gasteiger partial charge in [0.15, 0.2) is 5.82 Å². The predicted molar refractivity (Wildman–Crippen MR) is 113 cm³/mol. The number of hydrogen-bond acceptors (Lipinski definition) is 9. The molecule has 0 radical (unpaired) electrons. The Bertz CT molecular complexity index is 1070. The summed E-state index contributed by atoms with van der Waals surface area (Å²) in [5, 5.41) is 37.4. The van der Waals surface area contributed by atoms with E-state index in [4.69, 9.17) is 36.0 Å². The van der Waals surface area contributed by atoms with E-state index in [0.29, 0.717) is 17.0 Å². The number of aliphatic hydroxyl groups is 2. The molecule has 3 heterocycles. The molecule has 13 nitrogen and oxygen atoms in total. The number of aromatic nitrogens is 3. The number of carboxylic acid groups (broad SMARTS) is 1. The lowest BCUT2D eigenvalue weighted by molar-refractivity contribution is -0.148. The first-order valence-corrected chi connectivity index (χ1v) is 12.3. The molecule has 2 fully saturated rings. The molecule has 1 saturated carbocycles. The summed E-state index contributed by atoms with van der Waals surface area (Å²) >= 11 is 6.11. The lowest BCUT2D eigenvalue weighted by Crippen LogP contribution is -2.36. The first-order chi connectivity index (χ1) is 15.6. The minimum Gasteiger partial charge on any atom is -0.479 e. The fraction of sp³-hybridized carbons (Fsp3) is 0.611. The Morgan fingerprint density at radius 3 is 2.64 bits per heavy atom. The Hall–Kier alpha value is -1.83. The van der Waals surface area contributed by atoms with E-state index in [1.807, 2.05) is 0 Å². The van der Waals surface area contributed by atoms with Crippen LogP contribution >= 0.6 is 19.2 Å². The quantitative estimate of drug-likeness (QED) is 0.272. The highest BCUT2D eigenvalue weighted by molar-refractivity contribution is 7.53. The summed E-state index contributed by atoms with van der Waals surface area (Å²) in [7, 11) is -5.11. The first kappa shape index (κ1) is 24.3. The van der Waals surface area contributed by atoms with Crippen molar-refractivity contribution < 1.29 is 43.9 Å². The van der Waals surface area contributed by atoms with Gasteiger partial charge in [0.1, 0.15) is 29.9 Å². The van der Waals surface area contributed by atoms with Crippen LogP contribution in [0.4, 0.5) is 5.82 Å². The van der Waals surface area contributed by atoms with E-state index in [9.17, 15) is 19.6 Å². The molecule has 2 aromatic heterocycles. The zero-order valence-corrected chi connectivity index (χ0v) is 18.8. The highest BCUT2D eigenvalue weighted by Crippen LogP contribution is 2.43. The number of nitrogens with one attached hydrogen (secondary N) is 1. The second kappa shape index (κ2) is 9.43. The number of rotatable bonds is 8. The van der Waals surface area contributed by atoms with Gasteiger partial charge in [-0.1, -0.05) is 12.8 Å². The molecule has 33 heavy (non-hydrogen) atoms. The van der Waals surface area contributed by atoms with Crippen molar-refractivity contribution in [2.45, 2.75) is 62.0 Å². The zero-order valence-electron chi connectivity index (χ0n) is 17.2. The summed E-state index contributed by atoms with van der Waals surface area (Å²) in [6.45, 7) is -0.676. The molecule has 1 aliphatic heterocycles. The number of anilines is 1. The third-order valence-corrected chi connectivity index (χ3v) is 6.94. The molecule has 1 saturated heterocycles. The van der Waals surface area contributed by atoms with Gasteiger partial charge in [0, 0.05) is 6.04 Å². The molecule has 0 bridgehead atoms. The summed E-state index contributed by atoms with van der Waals surface area (Å²) in [6, 6.07) is 3.59. The van der Waals surface area contributed by atoms with Gasteiger partial charge in [-0.05, 0) is 36.6 Å². The second-order valence-corrected chi connectivity index (χ2v) is 10.1. The van der Waals surface area contributed by atoms with Crippen LogP contribution in [-0.2, 0) is 18.8 Å². The Morgan fingerprint density at radius 1 is 1.30 bits per heavy atom. The molecule has 4 rings (SSSR count). The molecule has 0 spiro atoms. The number of halogens is 1. The van der Waals surface area contributed by atoms with Crippen LogP contribution in [0, 0.1) is 0 Å². The van der Waals surface area contributed by atoms with Crippen molar-refractivity contribution in [1.82, 2.24) is 14.6 Å². The van der Waals surface area contributed by atoms with Crippen LogP contribution in [0.2, 0.25) is 5.28 Å².